The number of benzene rings is 2. The van der Waals surface area contributed by atoms with Crippen molar-refractivity contribution in [3.63, 3.8) is 0 Å². The lowest BCUT2D eigenvalue weighted by Crippen LogP contribution is -1.90. The minimum Gasteiger partial charge on any atom is -0.456 e. The van der Waals surface area contributed by atoms with Gasteiger partial charge in [0.15, 0.2) is 0 Å². The summed E-state index contributed by atoms with van der Waals surface area (Å²) in [4.78, 5) is 10.7. The Hall–Kier alpha value is -4.16. The second-order valence-electron chi connectivity index (χ2n) is 5.34. The first kappa shape index (κ1) is 16.7. The van der Waals surface area contributed by atoms with Gasteiger partial charge in [-0.2, -0.15) is 10.5 Å². The van der Waals surface area contributed by atoms with E-state index >= 15 is 0 Å². The zero-order valence-electron chi connectivity index (χ0n) is 13.4. The SMILES string of the molecule is N#C/C(=C\c1ccc(-c2ccccc2[N+](=O)[O-])o1)c1ccc(C#N)cc1. The van der Waals surface area contributed by atoms with Gasteiger partial charge < -0.3 is 4.42 Å². The first-order chi connectivity index (χ1) is 12.6. The molecular weight excluding hydrogens is 330 g/mol. The fourth-order valence-corrected chi connectivity index (χ4v) is 2.46. The van der Waals surface area contributed by atoms with Gasteiger partial charge in [-0.15, -0.1) is 0 Å². The van der Waals surface area contributed by atoms with Gasteiger partial charge in [0.25, 0.3) is 5.69 Å². The molecule has 1 aromatic heterocycles. The van der Waals surface area contributed by atoms with Gasteiger partial charge in [0.05, 0.1) is 33.8 Å². The van der Waals surface area contributed by atoms with Gasteiger partial charge in [-0.05, 0) is 42.0 Å². The highest BCUT2D eigenvalue weighted by atomic mass is 16.6. The van der Waals surface area contributed by atoms with Crippen LogP contribution in [0.4, 0.5) is 5.69 Å². The molecule has 2 aromatic carbocycles. The molecule has 0 atom stereocenters. The lowest BCUT2D eigenvalue weighted by atomic mass is 10.0. The van der Waals surface area contributed by atoms with Crippen LogP contribution in [0.3, 0.4) is 0 Å². The third-order valence-corrected chi connectivity index (χ3v) is 3.73. The van der Waals surface area contributed by atoms with Crippen molar-refractivity contribution < 1.29 is 9.34 Å². The molecule has 0 saturated carbocycles. The predicted octanol–water partition coefficient (Wildman–Crippen LogP) is 4.79. The molecule has 0 saturated heterocycles. The van der Waals surface area contributed by atoms with E-state index in [1.165, 1.54) is 6.07 Å². The Morgan fingerprint density at radius 1 is 1.04 bits per heavy atom. The number of hydrogen-bond acceptors (Lipinski definition) is 5. The highest BCUT2D eigenvalue weighted by molar-refractivity contribution is 5.89. The smallest absolute Gasteiger partial charge is 0.280 e. The minimum atomic E-state index is -0.467. The van der Waals surface area contributed by atoms with Gasteiger partial charge >= 0.3 is 0 Å². The number of nitrogens with zero attached hydrogens (tertiary/aromatic N) is 3. The molecule has 0 radical (unpaired) electrons. The van der Waals surface area contributed by atoms with Crippen LogP contribution in [0.5, 0.6) is 0 Å². The summed E-state index contributed by atoms with van der Waals surface area (Å²) in [5, 5.41) is 29.4. The van der Waals surface area contributed by atoms with Crippen molar-refractivity contribution >= 4 is 17.3 Å². The Morgan fingerprint density at radius 3 is 2.42 bits per heavy atom. The largest absolute Gasteiger partial charge is 0.456 e. The standard InChI is InChI=1S/C20H11N3O3/c21-12-14-5-7-15(8-6-14)16(13-22)11-17-9-10-20(26-17)18-3-1-2-4-19(18)23(24)25/h1-11H/b16-11+. The van der Waals surface area contributed by atoms with Crippen molar-refractivity contribution in [1.29, 1.82) is 10.5 Å². The molecular formula is C20H11N3O3. The van der Waals surface area contributed by atoms with Gasteiger partial charge in [-0.1, -0.05) is 24.3 Å². The minimum absolute atomic E-state index is 0.0509. The van der Waals surface area contributed by atoms with Crippen molar-refractivity contribution in [2.24, 2.45) is 0 Å². The van der Waals surface area contributed by atoms with E-state index < -0.39 is 4.92 Å². The van der Waals surface area contributed by atoms with E-state index in [2.05, 4.69) is 6.07 Å². The zero-order chi connectivity index (χ0) is 18.5. The molecule has 0 N–H and O–H groups in total. The molecule has 3 aromatic rings. The van der Waals surface area contributed by atoms with Gasteiger partial charge in [-0.25, -0.2) is 0 Å². The Labute approximate surface area is 149 Å². The molecule has 6 heteroatoms. The number of nitro benzene ring substituents is 1. The molecule has 26 heavy (non-hydrogen) atoms. The topological polar surface area (TPSA) is 104 Å². The van der Waals surface area contributed by atoms with Crippen molar-refractivity contribution in [1.82, 2.24) is 0 Å². The second-order valence-corrected chi connectivity index (χ2v) is 5.34. The number of nitriles is 2. The fraction of sp³-hybridized carbons (Fsp3) is 0. The summed E-state index contributed by atoms with van der Waals surface area (Å²) in [5.74, 6) is 0.750. The molecule has 3 rings (SSSR count). The van der Waals surface area contributed by atoms with Crippen LogP contribution in [0.1, 0.15) is 16.9 Å². The molecule has 0 fully saturated rings. The summed E-state index contributed by atoms with van der Waals surface area (Å²) >= 11 is 0. The Bertz CT molecular complexity index is 1080. The van der Waals surface area contributed by atoms with E-state index in [1.807, 2.05) is 6.07 Å². The third-order valence-electron chi connectivity index (χ3n) is 3.73. The summed E-state index contributed by atoms with van der Waals surface area (Å²) in [6, 6.07) is 20.3. The molecule has 124 valence electrons. The van der Waals surface area contributed by atoms with Crippen molar-refractivity contribution in [3.8, 4) is 23.5 Å². The first-order valence-corrected chi connectivity index (χ1v) is 7.58. The van der Waals surface area contributed by atoms with E-state index in [4.69, 9.17) is 9.68 Å². The number of rotatable bonds is 4. The molecule has 0 spiro atoms. The lowest BCUT2D eigenvalue weighted by Gasteiger charge is -2.00. The van der Waals surface area contributed by atoms with E-state index in [-0.39, 0.29) is 5.69 Å². The summed E-state index contributed by atoms with van der Waals surface area (Å²) in [7, 11) is 0. The number of hydrogen-bond donors (Lipinski definition) is 0. The number of allylic oxidation sites excluding steroid dienone is 1. The van der Waals surface area contributed by atoms with Crippen LogP contribution in [0.2, 0.25) is 0 Å². The Balaban J connectivity index is 1.97. The van der Waals surface area contributed by atoms with E-state index in [0.717, 1.165) is 0 Å². The number of nitro groups is 1. The highest BCUT2D eigenvalue weighted by Crippen LogP contribution is 2.31. The Kier molecular flexibility index (Phi) is 4.60. The van der Waals surface area contributed by atoms with Crippen LogP contribution >= 0.6 is 0 Å². The fourth-order valence-electron chi connectivity index (χ4n) is 2.46. The molecule has 6 nitrogen and oxygen atoms in total. The van der Waals surface area contributed by atoms with Gasteiger partial charge in [-0.3, -0.25) is 10.1 Å². The molecule has 0 amide bonds. The molecule has 1 heterocycles. The van der Waals surface area contributed by atoms with E-state index in [0.29, 0.717) is 33.8 Å². The van der Waals surface area contributed by atoms with Crippen LogP contribution in [0.25, 0.3) is 23.0 Å². The zero-order valence-corrected chi connectivity index (χ0v) is 13.4. The normalized spacial score (nSPS) is 10.8. The summed E-state index contributed by atoms with van der Waals surface area (Å²) in [6.07, 6.45) is 1.56. The molecule has 0 bridgehead atoms. The Morgan fingerprint density at radius 2 is 1.77 bits per heavy atom. The van der Waals surface area contributed by atoms with Gasteiger partial charge in [0, 0.05) is 6.07 Å². The van der Waals surface area contributed by atoms with Crippen LogP contribution in [0.15, 0.2) is 65.1 Å². The molecule has 0 aliphatic rings. The van der Waals surface area contributed by atoms with Crippen LogP contribution in [0, 0.1) is 32.8 Å². The first-order valence-electron chi connectivity index (χ1n) is 7.58. The average Bonchev–Trinajstić information content (AvgIpc) is 3.14. The molecule has 0 aliphatic heterocycles. The maximum absolute atomic E-state index is 11.1. The lowest BCUT2D eigenvalue weighted by molar-refractivity contribution is -0.384. The average molecular weight is 341 g/mol. The predicted molar refractivity (Wildman–Crippen MR) is 95.4 cm³/mol. The monoisotopic (exact) mass is 341 g/mol. The van der Waals surface area contributed by atoms with Crippen LogP contribution in [-0.4, -0.2) is 4.92 Å². The van der Waals surface area contributed by atoms with Crippen LogP contribution in [-0.2, 0) is 0 Å². The molecule has 0 unspecified atom stereocenters. The molecule has 0 aliphatic carbocycles. The number of furan rings is 1. The summed E-state index contributed by atoms with van der Waals surface area (Å²) < 4.78 is 5.67. The quantitative estimate of drug-likeness (QED) is 0.385. The van der Waals surface area contributed by atoms with Crippen molar-refractivity contribution in [2.45, 2.75) is 0 Å². The summed E-state index contributed by atoms with van der Waals surface area (Å²) in [5.41, 5.74) is 1.83. The maximum Gasteiger partial charge on any atom is 0.280 e. The second kappa shape index (κ2) is 7.16. The van der Waals surface area contributed by atoms with Crippen molar-refractivity contribution in [2.75, 3.05) is 0 Å². The van der Waals surface area contributed by atoms with Gasteiger partial charge in [0.2, 0.25) is 0 Å². The van der Waals surface area contributed by atoms with Crippen LogP contribution < -0.4 is 0 Å². The number of para-hydroxylation sites is 1. The highest BCUT2D eigenvalue weighted by Gasteiger charge is 2.17. The van der Waals surface area contributed by atoms with Gasteiger partial charge in [0.1, 0.15) is 11.5 Å². The maximum atomic E-state index is 11.1. The van der Waals surface area contributed by atoms with Crippen molar-refractivity contribution in [3.05, 3.63) is 87.7 Å². The third kappa shape index (κ3) is 3.35. The van der Waals surface area contributed by atoms with E-state index in [1.54, 1.807) is 60.7 Å². The van der Waals surface area contributed by atoms with E-state index in [9.17, 15) is 15.4 Å². The summed E-state index contributed by atoms with van der Waals surface area (Å²) in [6.45, 7) is 0.